The zero-order valence-electron chi connectivity index (χ0n) is 21.7. The van der Waals surface area contributed by atoms with E-state index in [0.29, 0.717) is 29.6 Å². The van der Waals surface area contributed by atoms with Crippen molar-refractivity contribution in [3.05, 3.63) is 69.8 Å². The molecule has 2 aromatic carbocycles. The van der Waals surface area contributed by atoms with E-state index in [1.54, 1.807) is 30.0 Å². The summed E-state index contributed by atoms with van der Waals surface area (Å²) in [5.74, 6) is 0.631. The van der Waals surface area contributed by atoms with Crippen LogP contribution in [-0.4, -0.2) is 52.9 Å². The van der Waals surface area contributed by atoms with Crippen molar-refractivity contribution in [2.24, 2.45) is 0 Å². The fourth-order valence-corrected chi connectivity index (χ4v) is 4.97. The number of likely N-dealkylation sites (tertiary alicyclic amines) is 1. The second-order valence-corrected chi connectivity index (χ2v) is 10.2. The number of aromatic nitrogens is 2. The van der Waals surface area contributed by atoms with Crippen molar-refractivity contribution in [2.45, 2.75) is 51.5 Å². The summed E-state index contributed by atoms with van der Waals surface area (Å²) >= 11 is 12.3. The van der Waals surface area contributed by atoms with Crippen LogP contribution in [0.4, 0.5) is 16.3 Å². The molecule has 3 amide bonds. The van der Waals surface area contributed by atoms with E-state index < -0.39 is 6.03 Å². The Balaban J connectivity index is 1.49. The van der Waals surface area contributed by atoms with Gasteiger partial charge in [0.25, 0.3) is 0 Å². The van der Waals surface area contributed by atoms with Crippen LogP contribution >= 0.6 is 23.2 Å². The van der Waals surface area contributed by atoms with Gasteiger partial charge in [0.15, 0.2) is 0 Å². The van der Waals surface area contributed by atoms with Gasteiger partial charge in [-0.15, -0.1) is 0 Å². The zero-order valence-corrected chi connectivity index (χ0v) is 23.2. The fraction of sp³-hybridized carbons (Fsp3) is 0.393. The van der Waals surface area contributed by atoms with Crippen molar-refractivity contribution in [1.82, 2.24) is 14.7 Å². The molecule has 1 atom stereocenters. The molecular weight excluding hydrogens is 525 g/mol. The Morgan fingerprint density at radius 1 is 1.13 bits per heavy atom. The predicted octanol–water partition coefficient (Wildman–Crippen LogP) is 6.35. The highest BCUT2D eigenvalue weighted by Gasteiger charge is 2.28. The predicted molar refractivity (Wildman–Crippen MR) is 152 cm³/mol. The smallest absolute Gasteiger partial charge is 0.324 e. The third kappa shape index (κ3) is 6.87. The third-order valence-electron chi connectivity index (χ3n) is 6.58. The van der Waals surface area contributed by atoms with Crippen LogP contribution in [0, 0.1) is 0 Å². The number of carbonyl (C=O) groups is 2. The van der Waals surface area contributed by atoms with Crippen LogP contribution < -0.4 is 10.6 Å². The number of aryl methyl sites for hydroxylation is 1. The van der Waals surface area contributed by atoms with Gasteiger partial charge >= 0.3 is 6.03 Å². The molecule has 2 heterocycles. The summed E-state index contributed by atoms with van der Waals surface area (Å²) in [5, 5.41) is 11.0. The molecule has 8 nitrogen and oxygen atoms in total. The number of methoxy groups -OCH3 is 1. The molecule has 0 bridgehead atoms. The van der Waals surface area contributed by atoms with Crippen LogP contribution in [0.2, 0.25) is 10.0 Å². The summed E-state index contributed by atoms with van der Waals surface area (Å²) < 4.78 is 6.98. The number of nitrogens with zero attached hydrogens (tertiary/aromatic N) is 3. The van der Waals surface area contributed by atoms with Crippen LogP contribution in [0.5, 0.6) is 0 Å². The molecule has 0 radical (unpaired) electrons. The monoisotopic (exact) mass is 557 g/mol. The van der Waals surface area contributed by atoms with E-state index in [0.717, 1.165) is 55.6 Å². The molecule has 1 saturated heterocycles. The molecule has 1 aromatic heterocycles. The number of carbonyl (C=O) groups excluding carboxylic acids is 2. The fourth-order valence-electron chi connectivity index (χ4n) is 4.63. The average Bonchev–Trinajstić information content (AvgIpc) is 3.53. The molecule has 1 unspecified atom stereocenters. The summed E-state index contributed by atoms with van der Waals surface area (Å²) in [6.07, 6.45) is 5.13. The zero-order chi connectivity index (χ0) is 27.1. The van der Waals surface area contributed by atoms with E-state index in [9.17, 15) is 9.59 Å². The summed E-state index contributed by atoms with van der Waals surface area (Å²) in [4.78, 5) is 27.6. The van der Waals surface area contributed by atoms with Gasteiger partial charge in [0.1, 0.15) is 5.82 Å². The summed E-state index contributed by atoms with van der Waals surface area (Å²) in [5.41, 5.74) is 2.98. The molecule has 1 fully saturated rings. The molecule has 10 heteroatoms. The molecule has 2 N–H and O–H groups in total. The lowest BCUT2D eigenvalue weighted by Gasteiger charge is -2.24. The maximum atomic E-state index is 12.9. The number of urea groups is 1. The lowest BCUT2D eigenvalue weighted by Crippen LogP contribution is -2.39. The highest BCUT2D eigenvalue weighted by Crippen LogP contribution is 2.30. The number of rotatable bonds is 10. The summed E-state index contributed by atoms with van der Waals surface area (Å²) in [6, 6.07) is 14.3. The Bertz CT molecular complexity index is 1260. The molecule has 4 rings (SSSR count). The van der Waals surface area contributed by atoms with Crippen LogP contribution in [0.3, 0.4) is 0 Å². The van der Waals surface area contributed by atoms with E-state index in [-0.39, 0.29) is 17.0 Å². The molecule has 0 aliphatic carbocycles. The number of hydrogen-bond donors (Lipinski definition) is 2. The molecule has 1 aliphatic heterocycles. The number of halogens is 2. The number of anilines is 2. The minimum Gasteiger partial charge on any atom is -0.383 e. The SMILES string of the molecule is CCCCc1cc(NC(=O)Nc2cccc(Cl)c2Cl)n(-c2ccc(CC(=O)N3CCCC3COC)cc2)n1. The van der Waals surface area contributed by atoms with Gasteiger partial charge in [-0.05, 0) is 55.5 Å². The maximum Gasteiger partial charge on any atom is 0.324 e. The van der Waals surface area contributed by atoms with Crippen LogP contribution in [0.15, 0.2) is 48.5 Å². The molecule has 0 spiro atoms. The highest BCUT2D eigenvalue weighted by molar-refractivity contribution is 6.44. The Labute approximate surface area is 233 Å². The first-order valence-corrected chi connectivity index (χ1v) is 13.6. The number of ether oxygens (including phenoxy) is 1. The van der Waals surface area contributed by atoms with Crippen LogP contribution in [0.25, 0.3) is 5.69 Å². The van der Waals surface area contributed by atoms with E-state index in [1.807, 2.05) is 35.2 Å². The highest BCUT2D eigenvalue weighted by atomic mass is 35.5. The second-order valence-electron chi connectivity index (χ2n) is 9.40. The number of hydrogen-bond acceptors (Lipinski definition) is 4. The van der Waals surface area contributed by atoms with Crippen molar-refractivity contribution in [2.75, 3.05) is 30.9 Å². The van der Waals surface area contributed by atoms with Gasteiger partial charge in [0, 0.05) is 19.7 Å². The number of benzene rings is 2. The van der Waals surface area contributed by atoms with E-state index in [4.69, 9.17) is 33.0 Å². The normalized spacial score (nSPS) is 15.1. The largest absolute Gasteiger partial charge is 0.383 e. The maximum absolute atomic E-state index is 12.9. The number of nitrogens with one attached hydrogen (secondary N) is 2. The topological polar surface area (TPSA) is 88.5 Å². The van der Waals surface area contributed by atoms with E-state index in [2.05, 4.69) is 17.6 Å². The summed E-state index contributed by atoms with van der Waals surface area (Å²) in [7, 11) is 1.67. The van der Waals surface area contributed by atoms with Crippen LogP contribution in [0.1, 0.15) is 43.9 Å². The number of amides is 3. The Morgan fingerprint density at radius 3 is 2.66 bits per heavy atom. The number of unbranched alkanes of at least 4 members (excludes halogenated alkanes) is 1. The van der Waals surface area contributed by atoms with Gasteiger partial charge in [-0.2, -0.15) is 5.10 Å². The lowest BCUT2D eigenvalue weighted by molar-refractivity contribution is -0.132. The minimum atomic E-state index is -0.462. The molecule has 38 heavy (non-hydrogen) atoms. The first-order chi connectivity index (χ1) is 18.4. The average molecular weight is 559 g/mol. The van der Waals surface area contributed by atoms with Crippen LogP contribution in [-0.2, 0) is 22.4 Å². The standard InChI is InChI=1S/C28H33Cl2N5O3/c1-3-4-7-20-17-25(32-28(37)31-24-10-5-9-23(29)27(24)30)35(33-20)21-13-11-19(12-14-21)16-26(36)34-15-6-8-22(34)18-38-2/h5,9-14,17,22H,3-4,6-8,15-16,18H2,1-2H3,(H2,31,32,37). The minimum absolute atomic E-state index is 0.108. The van der Waals surface area contributed by atoms with Crippen molar-refractivity contribution < 1.29 is 14.3 Å². The van der Waals surface area contributed by atoms with E-state index in [1.165, 1.54) is 0 Å². The van der Waals surface area contributed by atoms with Crippen molar-refractivity contribution >= 4 is 46.6 Å². The first kappa shape index (κ1) is 28.0. The van der Waals surface area contributed by atoms with Gasteiger partial charge in [0.05, 0.1) is 46.2 Å². The Kier molecular flexibility index (Phi) is 9.66. The summed E-state index contributed by atoms with van der Waals surface area (Å²) in [6.45, 7) is 3.46. The quantitative estimate of drug-likeness (QED) is 0.304. The van der Waals surface area contributed by atoms with Crippen molar-refractivity contribution in [1.29, 1.82) is 0 Å². The van der Waals surface area contributed by atoms with Crippen molar-refractivity contribution in [3.63, 3.8) is 0 Å². The second kappa shape index (κ2) is 13.1. The molecule has 0 saturated carbocycles. The molecular formula is C28H33Cl2N5O3. The van der Waals surface area contributed by atoms with Gasteiger partial charge in [-0.3, -0.25) is 10.1 Å². The van der Waals surface area contributed by atoms with E-state index >= 15 is 0 Å². The van der Waals surface area contributed by atoms with Crippen molar-refractivity contribution in [3.8, 4) is 5.69 Å². The molecule has 1 aliphatic rings. The Hall–Kier alpha value is -3.07. The van der Waals surface area contributed by atoms with Gasteiger partial charge in [0.2, 0.25) is 5.91 Å². The third-order valence-corrected chi connectivity index (χ3v) is 7.40. The molecule has 3 aromatic rings. The lowest BCUT2D eigenvalue weighted by atomic mass is 10.1. The Morgan fingerprint density at radius 2 is 1.92 bits per heavy atom. The van der Waals surface area contributed by atoms with Gasteiger partial charge in [-0.25, -0.2) is 9.48 Å². The van der Waals surface area contributed by atoms with Gasteiger partial charge in [-0.1, -0.05) is 54.7 Å². The first-order valence-electron chi connectivity index (χ1n) is 12.9. The molecule has 202 valence electrons. The van der Waals surface area contributed by atoms with Gasteiger partial charge < -0.3 is 15.0 Å².